The number of halogens is 1. The molecule has 0 radical (unpaired) electrons. The van der Waals surface area contributed by atoms with Gasteiger partial charge in [0, 0.05) is 30.7 Å². The van der Waals surface area contributed by atoms with Gasteiger partial charge in [0.1, 0.15) is 0 Å². The highest BCUT2D eigenvalue weighted by atomic mass is 35.5. The van der Waals surface area contributed by atoms with Crippen LogP contribution in [0, 0.1) is 13.8 Å². The van der Waals surface area contributed by atoms with Gasteiger partial charge in [0.05, 0.1) is 21.8 Å². The van der Waals surface area contributed by atoms with Crippen molar-refractivity contribution >= 4 is 29.1 Å². The largest absolute Gasteiger partial charge is 0.339 e. The number of benzene rings is 1. The van der Waals surface area contributed by atoms with E-state index in [4.69, 9.17) is 11.6 Å². The van der Waals surface area contributed by atoms with Crippen molar-refractivity contribution in [2.45, 2.75) is 33.1 Å². The average molecular weight is 438 g/mol. The number of rotatable bonds is 4. The van der Waals surface area contributed by atoms with Crippen LogP contribution in [0.5, 0.6) is 0 Å². The third kappa shape index (κ3) is 4.61. The number of anilines is 1. The Labute approximate surface area is 186 Å². The smallest absolute Gasteiger partial charge is 0.257 e. The summed E-state index contributed by atoms with van der Waals surface area (Å²) in [7, 11) is 0. The molecule has 0 aliphatic carbocycles. The molecule has 2 aromatic heterocycles. The zero-order chi connectivity index (χ0) is 22.0. The number of carbonyl (C=O) groups is 2. The normalized spacial score (nSPS) is 13.8. The van der Waals surface area contributed by atoms with Crippen molar-refractivity contribution < 1.29 is 9.59 Å². The Balaban J connectivity index is 1.45. The molecule has 4 rings (SSSR count). The fourth-order valence-electron chi connectivity index (χ4n) is 3.74. The molecule has 1 aromatic carbocycles. The van der Waals surface area contributed by atoms with Crippen molar-refractivity contribution in [2.24, 2.45) is 0 Å². The number of aromatic nitrogens is 3. The lowest BCUT2D eigenvalue weighted by molar-refractivity contribution is 0.0724. The summed E-state index contributed by atoms with van der Waals surface area (Å²) in [6, 6.07) is 10.4. The van der Waals surface area contributed by atoms with Gasteiger partial charge in [-0.25, -0.2) is 9.67 Å². The molecule has 3 aromatic rings. The van der Waals surface area contributed by atoms with Gasteiger partial charge in [-0.15, -0.1) is 0 Å². The Hall–Kier alpha value is -3.19. The Morgan fingerprint density at radius 3 is 2.42 bits per heavy atom. The number of pyridine rings is 1. The molecule has 1 fully saturated rings. The molecule has 8 heteroatoms. The maximum Gasteiger partial charge on any atom is 0.257 e. The Morgan fingerprint density at radius 2 is 1.81 bits per heavy atom. The van der Waals surface area contributed by atoms with Gasteiger partial charge in [-0.05, 0) is 69.5 Å². The molecule has 1 saturated heterocycles. The van der Waals surface area contributed by atoms with E-state index in [1.807, 2.05) is 24.8 Å². The van der Waals surface area contributed by atoms with E-state index in [0.29, 0.717) is 27.7 Å². The number of nitrogens with zero attached hydrogens (tertiary/aromatic N) is 4. The van der Waals surface area contributed by atoms with Crippen LogP contribution in [0.3, 0.4) is 0 Å². The second kappa shape index (κ2) is 8.89. The highest BCUT2D eigenvalue weighted by molar-refractivity contribution is 6.34. The van der Waals surface area contributed by atoms with Crippen LogP contribution in [0.4, 0.5) is 5.69 Å². The minimum atomic E-state index is -0.307. The number of nitrogens with one attached hydrogen (secondary N) is 1. The molecule has 0 atom stereocenters. The molecule has 2 amide bonds. The van der Waals surface area contributed by atoms with E-state index >= 15 is 0 Å². The van der Waals surface area contributed by atoms with Gasteiger partial charge in [0.25, 0.3) is 11.8 Å². The third-order valence-corrected chi connectivity index (χ3v) is 5.65. The van der Waals surface area contributed by atoms with Crippen LogP contribution >= 0.6 is 11.6 Å². The van der Waals surface area contributed by atoms with Crippen LogP contribution in [-0.4, -0.2) is 44.6 Å². The first-order valence-electron chi connectivity index (χ1n) is 10.3. The van der Waals surface area contributed by atoms with Gasteiger partial charge in [-0.3, -0.25) is 9.59 Å². The maximum absolute atomic E-state index is 12.7. The molecule has 0 spiro atoms. The molecule has 1 aliphatic heterocycles. The van der Waals surface area contributed by atoms with Gasteiger partial charge in [-0.2, -0.15) is 5.10 Å². The second-order valence-corrected chi connectivity index (χ2v) is 8.15. The van der Waals surface area contributed by atoms with E-state index in [9.17, 15) is 9.59 Å². The van der Waals surface area contributed by atoms with Gasteiger partial charge in [0.15, 0.2) is 5.82 Å². The number of aryl methyl sites for hydroxylation is 2. The third-order valence-electron chi connectivity index (χ3n) is 5.34. The zero-order valence-electron chi connectivity index (χ0n) is 17.6. The van der Waals surface area contributed by atoms with Crippen LogP contribution in [0.1, 0.15) is 51.4 Å². The van der Waals surface area contributed by atoms with E-state index in [1.54, 1.807) is 35.0 Å². The minimum Gasteiger partial charge on any atom is -0.339 e. The van der Waals surface area contributed by atoms with Crippen LogP contribution in [-0.2, 0) is 0 Å². The van der Waals surface area contributed by atoms with Gasteiger partial charge < -0.3 is 10.2 Å². The molecule has 1 aliphatic rings. The quantitative estimate of drug-likeness (QED) is 0.655. The number of hydrogen-bond donors (Lipinski definition) is 1. The maximum atomic E-state index is 12.7. The van der Waals surface area contributed by atoms with E-state index in [1.165, 1.54) is 6.20 Å². The van der Waals surface area contributed by atoms with E-state index < -0.39 is 0 Å². The van der Waals surface area contributed by atoms with Gasteiger partial charge >= 0.3 is 0 Å². The summed E-state index contributed by atoms with van der Waals surface area (Å²) in [6.07, 6.45) is 4.70. The summed E-state index contributed by atoms with van der Waals surface area (Å²) in [5, 5.41) is 7.53. The van der Waals surface area contributed by atoms with E-state index in [2.05, 4.69) is 15.4 Å². The average Bonchev–Trinajstić information content (AvgIpc) is 3.12. The lowest BCUT2D eigenvalue weighted by Gasteiger charge is -2.27. The lowest BCUT2D eigenvalue weighted by atomic mass is 10.1. The number of likely N-dealkylation sites (tertiary alicyclic amines) is 1. The van der Waals surface area contributed by atoms with Crippen LogP contribution in [0.15, 0.2) is 42.6 Å². The summed E-state index contributed by atoms with van der Waals surface area (Å²) in [6.45, 7) is 5.39. The van der Waals surface area contributed by atoms with Crippen molar-refractivity contribution in [1.82, 2.24) is 19.7 Å². The van der Waals surface area contributed by atoms with Crippen molar-refractivity contribution in [3.05, 3.63) is 70.1 Å². The minimum absolute atomic E-state index is 0.0634. The molecule has 0 unspecified atom stereocenters. The molecule has 3 heterocycles. The van der Waals surface area contributed by atoms with Crippen molar-refractivity contribution in [2.75, 3.05) is 18.4 Å². The van der Waals surface area contributed by atoms with Crippen LogP contribution < -0.4 is 5.32 Å². The first kappa shape index (κ1) is 21.1. The fraction of sp³-hybridized carbons (Fsp3) is 0.304. The van der Waals surface area contributed by atoms with Gasteiger partial charge in [0.2, 0.25) is 0 Å². The first-order valence-corrected chi connectivity index (χ1v) is 10.7. The molecule has 0 saturated carbocycles. The highest BCUT2D eigenvalue weighted by Crippen LogP contribution is 2.24. The summed E-state index contributed by atoms with van der Waals surface area (Å²) in [5.41, 5.74) is 3.26. The summed E-state index contributed by atoms with van der Waals surface area (Å²) < 4.78 is 1.73. The molecule has 7 nitrogen and oxygen atoms in total. The summed E-state index contributed by atoms with van der Waals surface area (Å²) in [5.74, 6) is 0.274. The molecule has 0 bridgehead atoms. The van der Waals surface area contributed by atoms with Crippen molar-refractivity contribution in [1.29, 1.82) is 0 Å². The molecule has 1 N–H and O–H groups in total. The van der Waals surface area contributed by atoms with E-state index in [0.717, 1.165) is 43.7 Å². The number of amides is 2. The fourth-order valence-corrected chi connectivity index (χ4v) is 4.00. The number of carbonyl (C=O) groups excluding carboxylic acids is 2. The van der Waals surface area contributed by atoms with Crippen LogP contribution in [0.2, 0.25) is 5.02 Å². The van der Waals surface area contributed by atoms with E-state index in [-0.39, 0.29) is 11.8 Å². The van der Waals surface area contributed by atoms with Crippen molar-refractivity contribution in [3.8, 4) is 5.82 Å². The SMILES string of the molecule is Cc1cc(C)n(-c2ccc(C(=O)Nc3ccc(C(=O)N4CCCCC4)c(Cl)c3)cn2)n1. The molecular formula is C23H24ClN5O2. The zero-order valence-corrected chi connectivity index (χ0v) is 18.3. The summed E-state index contributed by atoms with van der Waals surface area (Å²) in [4.78, 5) is 31.5. The number of hydrogen-bond acceptors (Lipinski definition) is 4. The molecule has 31 heavy (non-hydrogen) atoms. The predicted octanol–water partition coefficient (Wildman–Crippen LogP) is 4.42. The first-order chi connectivity index (χ1) is 14.9. The second-order valence-electron chi connectivity index (χ2n) is 7.75. The summed E-state index contributed by atoms with van der Waals surface area (Å²) >= 11 is 6.36. The topological polar surface area (TPSA) is 80.1 Å². The molecular weight excluding hydrogens is 414 g/mol. The lowest BCUT2D eigenvalue weighted by Crippen LogP contribution is -2.35. The standard InChI is InChI=1S/C23H24ClN5O2/c1-15-12-16(2)29(27-15)21-9-6-17(14-25-21)22(30)26-18-7-8-19(20(24)13-18)23(31)28-10-4-3-5-11-28/h6-9,12-14H,3-5,10-11H2,1-2H3,(H,26,30). The Morgan fingerprint density at radius 1 is 1.03 bits per heavy atom. The number of piperidine rings is 1. The monoisotopic (exact) mass is 437 g/mol. The predicted molar refractivity (Wildman–Crippen MR) is 120 cm³/mol. The van der Waals surface area contributed by atoms with Crippen LogP contribution in [0.25, 0.3) is 5.82 Å². The Bertz CT molecular complexity index is 1120. The Kier molecular flexibility index (Phi) is 6.04. The highest BCUT2D eigenvalue weighted by Gasteiger charge is 2.20. The van der Waals surface area contributed by atoms with Crippen molar-refractivity contribution in [3.63, 3.8) is 0 Å². The van der Waals surface area contributed by atoms with Gasteiger partial charge in [-0.1, -0.05) is 11.6 Å². The molecule has 160 valence electrons.